The Balaban J connectivity index is 1.51. The molecule has 2 fully saturated rings. The molecule has 2 aliphatic carbocycles. The Kier molecular flexibility index (Phi) is 6.58. The smallest absolute Gasteiger partial charge is 0.252 e. The Bertz CT molecular complexity index is 1140. The van der Waals surface area contributed by atoms with Crippen molar-refractivity contribution in [1.29, 1.82) is 0 Å². The quantitative estimate of drug-likeness (QED) is 0.536. The first-order valence-electron chi connectivity index (χ1n) is 12.8. The van der Waals surface area contributed by atoms with Crippen LogP contribution >= 0.6 is 0 Å². The van der Waals surface area contributed by atoms with E-state index in [4.69, 9.17) is 0 Å². The van der Waals surface area contributed by atoms with E-state index in [9.17, 15) is 4.79 Å². The number of aromatic amines is 1. The fraction of sp³-hybridized carbons (Fsp3) is 0.615. The SMILES string of the molecule is CC[C@H](c1nnnn1C1CCCCC1)N(Cc1cc2cccc(C)c2[nH]c1=O)C1CCCC1. The summed E-state index contributed by atoms with van der Waals surface area (Å²) < 4.78 is 2.11. The van der Waals surface area contributed by atoms with Crippen molar-refractivity contribution in [1.82, 2.24) is 30.1 Å². The molecule has 3 aromatic rings. The van der Waals surface area contributed by atoms with Crippen LogP contribution in [0.25, 0.3) is 10.9 Å². The monoisotopic (exact) mass is 448 g/mol. The molecule has 176 valence electrons. The normalized spacial score (nSPS) is 19.0. The van der Waals surface area contributed by atoms with Gasteiger partial charge >= 0.3 is 0 Å². The average Bonchev–Trinajstić information content (AvgIpc) is 3.53. The van der Waals surface area contributed by atoms with Crippen LogP contribution in [0.2, 0.25) is 0 Å². The van der Waals surface area contributed by atoms with Crippen LogP contribution in [0, 0.1) is 6.92 Å². The van der Waals surface area contributed by atoms with Gasteiger partial charge in [-0.1, -0.05) is 57.2 Å². The maximum Gasteiger partial charge on any atom is 0.252 e. The zero-order valence-electron chi connectivity index (χ0n) is 20.0. The molecule has 0 amide bonds. The number of rotatable bonds is 7. The summed E-state index contributed by atoms with van der Waals surface area (Å²) in [5.74, 6) is 0.976. The van der Waals surface area contributed by atoms with Crippen LogP contribution in [0.3, 0.4) is 0 Å². The van der Waals surface area contributed by atoms with Gasteiger partial charge < -0.3 is 4.98 Å². The summed E-state index contributed by atoms with van der Waals surface area (Å²) >= 11 is 0. The van der Waals surface area contributed by atoms with E-state index in [1.807, 2.05) is 13.0 Å². The number of nitrogens with one attached hydrogen (secondary N) is 1. The van der Waals surface area contributed by atoms with E-state index in [1.54, 1.807) is 0 Å². The molecule has 0 saturated heterocycles. The second kappa shape index (κ2) is 9.75. The Morgan fingerprint density at radius 1 is 1.12 bits per heavy atom. The molecule has 5 rings (SSSR count). The minimum absolute atomic E-state index is 0.0153. The van der Waals surface area contributed by atoms with Crippen molar-refractivity contribution >= 4 is 10.9 Å². The first kappa shape index (κ1) is 22.3. The molecule has 1 atom stereocenters. The van der Waals surface area contributed by atoms with Gasteiger partial charge in [0.05, 0.1) is 17.6 Å². The van der Waals surface area contributed by atoms with Crippen molar-refractivity contribution in [3.05, 3.63) is 51.6 Å². The highest BCUT2D eigenvalue weighted by Crippen LogP contribution is 2.36. The topological polar surface area (TPSA) is 79.7 Å². The van der Waals surface area contributed by atoms with Crippen molar-refractivity contribution in [2.24, 2.45) is 0 Å². The van der Waals surface area contributed by atoms with Crippen LogP contribution < -0.4 is 5.56 Å². The highest BCUT2D eigenvalue weighted by atomic mass is 16.1. The number of H-pyrrole nitrogens is 1. The number of hydrogen-bond acceptors (Lipinski definition) is 5. The van der Waals surface area contributed by atoms with Crippen molar-refractivity contribution in [3.8, 4) is 0 Å². The largest absolute Gasteiger partial charge is 0.321 e. The molecule has 7 nitrogen and oxygen atoms in total. The van der Waals surface area contributed by atoms with E-state index in [2.05, 4.69) is 55.2 Å². The zero-order chi connectivity index (χ0) is 22.8. The van der Waals surface area contributed by atoms with Crippen molar-refractivity contribution in [2.75, 3.05) is 0 Å². The van der Waals surface area contributed by atoms with Gasteiger partial charge in [0.2, 0.25) is 0 Å². The third kappa shape index (κ3) is 4.47. The third-order valence-corrected chi connectivity index (χ3v) is 7.84. The Morgan fingerprint density at radius 2 is 1.88 bits per heavy atom. The van der Waals surface area contributed by atoms with E-state index in [0.717, 1.165) is 47.1 Å². The molecule has 2 saturated carbocycles. The van der Waals surface area contributed by atoms with E-state index in [0.29, 0.717) is 18.6 Å². The van der Waals surface area contributed by atoms with E-state index < -0.39 is 0 Å². The Morgan fingerprint density at radius 3 is 2.64 bits per heavy atom. The second-order valence-corrected chi connectivity index (χ2v) is 9.97. The molecule has 2 aromatic heterocycles. The summed E-state index contributed by atoms with van der Waals surface area (Å²) in [6.07, 6.45) is 11.9. The molecule has 0 aliphatic heterocycles. The lowest BCUT2D eigenvalue weighted by molar-refractivity contribution is 0.109. The van der Waals surface area contributed by atoms with Gasteiger partial charge in [-0.2, -0.15) is 0 Å². The van der Waals surface area contributed by atoms with Crippen molar-refractivity contribution in [3.63, 3.8) is 0 Å². The number of tetrazole rings is 1. The number of para-hydroxylation sites is 1. The molecule has 2 heterocycles. The van der Waals surface area contributed by atoms with Gasteiger partial charge in [-0.25, -0.2) is 4.68 Å². The summed E-state index contributed by atoms with van der Waals surface area (Å²) in [5, 5.41) is 14.2. The fourth-order valence-electron chi connectivity index (χ4n) is 6.04. The van der Waals surface area contributed by atoms with E-state index >= 15 is 0 Å². The predicted molar refractivity (Wildman–Crippen MR) is 130 cm³/mol. The number of aromatic nitrogens is 5. The van der Waals surface area contributed by atoms with E-state index in [1.165, 1.54) is 44.9 Å². The molecule has 0 unspecified atom stereocenters. The van der Waals surface area contributed by atoms with Gasteiger partial charge in [0.25, 0.3) is 5.56 Å². The van der Waals surface area contributed by atoms with Gasteiger partial charge in [-0.15, -0.1) is 5.10 Å². The van der Waals surface area contributed by atoms with Crippen molar-refractivity contribution < 1.29 is 0 Å². The maximum atomic E-state index is 13.1. The third-order valence-electron chi connectivity index (χ3n) is 7.84. The highest BCUT2D eigenvalue weighted by Gasteiger charge is 2.34. The molecule has 1 aromatic carbocycles. The Labute approximate surface area is 195 Å². The fourth-order valence-corrected chi connectivity index (χ4v) is 6.04. The first-order valence-corrected chi connectivity index (χ1v) is 12.8. The van der Waals surface area contributed by atoms with E-state index in [-0.39, 0.29) is 11.6 Å². The number of hydrogen-bond donors (Lipinski definition) is 1. The lowest BCUT2D eigenvalue weighted by Crippen LogP contribution is -2.39. The minimum atomic E-state index is 0.0153. The summed E-state index contributed by atoms with van der Waals surface area (Å²) in [6.45, 7) is 4.89. The molecule has 33 heavy (non-hydrogen) atoms. The zero-order valence-corrected chi connectivity index (χ0v) is 20.0. The van der Waals surface area contributed by atoms with Crippen LogP contribution in [-0.4, -0.2) is 36.1 Å². The first-order chi connectivity index (χ1) is 16.2. The van der Waals surface area contributed by atoms with Gasteiger partial charge in [0.1, 0.15) is 0 Å². The summed E-state index contributed by atoms with van der Waals surface area (Å²) in [5.41, 5.74) is 2.88. The molecule has 0 radical (unpaired) electrons. The van der Waals surface area contributed by atoms with Gasteiger partial charge in [-0.3, -0.25) is 9.69 Å². The molecule has 0 spiro atoms. The predicted octanol–water partition coefficient (Wildman–Crippen LogP) is 5.22. The Hall–Kier alpha value is -2.54. The summed E-state index contributed by atoms with van der Waals surface area (Å²) in [4.78, 5) is 18.8. The van der Waals surface area contributed by atoms with Crippen molar-refractivity contribution in [2.45, 2.75) is 103 Å². The average molecular weight is 449 g/mol. The molecule has 1 N–H and O–H groups in total. The summed E-state index contributed by atoms with van der Waals surface area (Å²) in [6, 6.07) is 9.23. The number of fused-ring (bicyclic) bond motifs is 1. The standard InChI is InChI=1S/C26H36N6O/c1-3-23(25-28-29-30-32(25)22-14-5-4-6-15-22)31(21-12-7-8-13-21)17-20-16-19-11-9-10-18(2)24(19)27-26(20)33/h9-11,16,21-23H,3-8,12-15,17H2,1-2H3,(H,27,33)/t23-/m1/s1. The minimum Gasteiger partial charge on any atom is -0.321 e. The van der Waals surface area contributed by atoms with Crippen LogP contribution in [-0.2, 0) is 6.54 Å². The van der Waals surface area contributed by atoms with Crippen LogP contribution in [0.1, 0.15) is 100 Å². The summed E-state index contributed by atoms with van der Waals surface area (Å²) in [7, 11) is 0. The second-order valence-electron chi connectivity index (χ2n) is 9.97. The number of nitrogens with zero attached hydrogens (tertiary/aromatic N) is 5. The van der Waals surface area contributed by atoms with Gasteiger partial charge in [0, 0.05) is 18.2 Å². The van der Waals surface area contributed by atoms with Crippen LogP contribution in [0.4, 0.5) is 0 Å². The molecule has 2 aliphatic rings. The number of aryl methyl sites for hydroxylation is 1. The maximum absolute atomic E-state index is 13.1. The number of pyridine rings is 1. The van der Waals surface area contributed by atoms with Crippen LogP contribution in [0.5, 0.6) is 0 Å². The van der Waals surface area contributed by atoms with Crippen LogP contribution in [0.15, 0.2) is 29.1 Å². The number of benzene rings is 1. The highest BCUT2D eigenvalue weighted by molar-refractivity contribution is 5.81. The lowest BCUT2D eigenvalue weighted by Gasteiger charge is -2.36. The molecule has 0 bridgehead atoms. The lowest BCUT2D eigenvalue weighted by atomic mass is 9.95. The molecular formula is C26H36N6O. The van der Waals surface area contributed by atoms with Gasteiger partial charge in [-0.05, 0) is 66.5 Å². The molecule has 7 heteroatoms. The molecular weight excluding hydrogens is 412 g/mol. The van der Waals surface area contributed by atoms with Gasteiger partial charge in [0.15, 0.2) is 5.82 Å².